The lowest BCUT2D eigenvalue weighted by Crippen LogP contribution is -2.12. The number of aromatic carboxylic acids is 1. The minimum atomic E-state index is -3.81. The Balaban J connectivity index is 2.22. The van der Waals surface area contributed by atoms with Gasteiger partial charge in [0.25, 0.3) is 0 Å². The maximum absolute atomic E-state index is 11.4. The lowest BCUT2D eigenvalue weighted by Gasteiger charge is -2.09. The van der Waals surface area contributed by atoms with E-state index in [1.54, 1.807) is 0 Å². The molecule has 0 aliphatic rings. The van der Waals surface area contributed by atoms with Crippen molar-refractivity contribution in [2.24, 2.45) is 5.14 Å². The van der Waals surface area contributed by atoms with Crippen LogP contribution in [0.2, 0.25) is 0 Å². The number of carbonyl (C=O) groups is 1. The van der Waals surface area contributed by atoms with E-state index in [4.69, 9.17) is 5.14 Å². The second kappa shape index (κ2) is 6.43. The van der Waals surface area contributed by atoms with Crippen LogP contribution in [0.5, 0.6) is 0 Å². The molecule has 0 bridgehead atoms. The first kappa shape index (κ1) is 17.3. The Morgan fingerprint density at radius 1 is 1.08 bits per heavy atom. The minimum absolute atomic E-state index is 0.0396. The van der Waals surface area contributed by atoms with Gasteiger partial charge in [-0.05, 0) is 40.2 Å². The normalized spacial score (nSPS) is 11.4. The van der Waals surface area contributed by atoms with Crippen molar-refractivity contribution in [3.8, 4) is 16.9 Å². The smallest absolute Gasteiger partial charge is 0.357 e. The molecule has 0 aliphatic heterocycles. The van der Waals surface area contributed by atoms with E-state index in [1.165, 1.54) is 28.9 Å². The lowest BCUT2D eigenvalue weighted by molar-refractivity contribution is 0.0689. The maximum Gasteiger partial charge on any atom is 0.357 e. The highest BCUT2D eigenvalue weighted by atomic mass is 79.9. The van der Waals surface area contributed by atoms with Crippen LogP contribution in [0.3, 0.4) is 0 Å². The molecule has 1 aromatic heterocycles. The summed E-state index contributed by atoms with van der Waals surface area (Å²) in [6.07, 6.45) is 0. The number of aromatic nitrogens is 2. The summed E-state index contributed by atoms with van der Waals surface area (Å²) < 4.78 is 24.5. The molecule has 25 heavy (non-hydrogen) atoms. The van der Waals surface area contributed by atoms with Crippen molar-refractivity contribution in [1.82, 2.24) is 9.78 Å². The molecular weight excluding hydrogens is 410 g/mol. The van der Waals surface area contributed by atoms with Crippen molar-refractivity contribution in [2.75, 3.05) is 0 Å². The predicted molar refractivity (Wildman–Crippen MR) is 95.0 cm³/mol. The summed E-state index contributed by atoms with van der Waals surface area (Å²) in [5.41, 5.74) is 1.65. The van der Waals surface area contributed by atoms with Gasteiger partial charge < -0.3 is 5.11 Å². The quantitative estimate of drug-likeness (QED) is 0.671. The number of hydrogen-bond acceptors (Lipinski definition) is 4. The number of hydrogen-bond donors (Lipinski definition) is 2. The predicted octanol–water partition coefficient (Wildman–Crippen LogP) is 2.65. The number of nitrogens with two attached hydrogens (primary N) is 1. The Morgan fingerprint density at radius 3 is 2.20 bits per heavy atom. The number of halogens is 1. The van der Waals surface area contributed by atoms with Crippen molar-refractivity contribution in [3.05, 3.63) is 64.8 Å². The molecule has 3 aromatic rings. The van der Waals surface area contributed by atoms with E-state index < -0.39 is 16.0 Å². The second-order valence-corrected chi connectivity index (χ2v) is 7.49. The highest BCUT2D eigenvalue weighted by Crippen LogP contribution is 2.33. The minimum Gasteiger partial charge on any atom is -0.476 e. The molecule has 0 spiro atoms. The van der Waals surface area contributed by atoms with Crippen LogP contribution in [-0.4, -0.2) is 29.3 Å². The van der Waals surface area contributed by atoms with Crippen LogP contribution in [0.25, 0.3) is 16.9 Å². The molecule has 128 valence electrons. The Morgan fingerprint density at radius 2 is 1.68 bits per heavy atom. The summed E-state index contributed by atoms with van der Waals surface area (Å²) in [4.78, 5) is 11.4. The monoisotopic (exact) mass is 421 g/mol. The molecule has 0 atom stereocenters. The van der Waals surface area contributed by atoms with Gasteiger partial charge in [-0.3, -0.25) is 0 Å². The first-order valence-electron chi connectivity index (χ1n) is 6.99. The number of sulfonamides is 1. The van der Waals surface area contributed by atoms with Gasteiger partial charge in [0, 0.05) is 5.56 Å². The van der Waals surface area contributed by atoms with Crippen molar-refractivity contribution >= 4 is 31.9 Å². The Bertz CT molecular complexity index is 1040. The molecule has 2 aromatic carbocycles. The number of carboxylic acid groups (broad SMARTS) is 1. The van der Waals surface area contributed by atoms with Crippen LogP contribution in [0, 0.1) is 0 Å². The molecule has 0 aliphatic carbocycles. The van der Waals surface area contributed by atoms with Crippen LogP contribution in [-0.2, 0) is 10.0 Å². The summed E-state index contributed by atoms with van der Waals surface area (Å²) in [5, 5.41) is 18.6. The molecule has 1 heterocycles. The fourth-order valence-corrected chi connectivity index (χ4v) is 3.51. The molecule has 0 radical (unpaired) electrons. The van der Waals surface area contributed by atoms with E-state index in [0.717, 1.165) is 5.56 Å². The molecule has 0 saturated heterocycles. The van der Waals surface area contributed by atoms with Crippen molar-refractivity contribution in [1.29, 1.82) is 0 Å². The molecule has 3 N–H and O–H groups in total. The summed E-state index contributed by atoms with van der Waals surface area (Å²) in [6, 6.07) is 14.8. The molecule has 0 amide bonds. The fraction of sp³-hybridized carbons (Fsp3) is 0. The Kier molecular flexibility index (Phi) is 4.46. The fourth-order valence-electron chi connectivity index (χ4n) is 2.34. The average molecular weight is 422 g/mol. The van der Waals surface area contributed by atoms with Gasteiger partial charge in [0.15, 0.2) is 5.69 Å². The van der Waals surface area contributed by atoms with Gasteiger partial charge in [0.1, 0.15) is 0 Å². The van der Waals surface area contributed by atoms with E-state index in [9.17, 15) is 18.3 Å². The van der Waals surface area contributed by atoms with Gasteiger partial charge in [-0.2, -0.15) is 5.10 Å². The molecule has 0 saturated carbocycles. The third kappa shape index (κ3) is 3.34. The van der Waals surface area contributed by atoms with Gasteiger partial charge in [0.2, 0.25) is 10.0 Å². The molecule has 0 unspecified atom stereocenters. The highest BCUT2D eigenvalue weighted by Gasteiger charge is 2.23. The topological polar surface area (TPSA) is 115 Å². The van der Waals surface area contributed by atoms with E-state index in [2.05, 4.69) is 21.0 Å². The maximum atomic E-state index is 11.4. The van der Waals surface area contributed by atoms with Gasteiger partial charge >= 0.3 is 5.97 Å². The van der Waals surface area contributed by atoms with Gasteiger partial charge in [-0.1, -0.05) is 30.3 Å². The van der Waals surface area contributed by atoms with Gasteiger partial charge in [-0.15, -0.1) is 0 Å². The van der Waals surface area contributed by atoms with Gasteiger partial charge in [-0.25, -0.2) is 23.0 Å². The summed E-state index contributed by atoms with van der Waals surface area (Å²) in [6.45, 7) is 0. The highest BCUT2D eigenvalue weighted by molar-refractivity contribution is 9.10. The van der Waals surface area contributed by atoms with E-state index in [0.29, 0.717) is 15.9 Å². The molecule has 7 nitrogen and oxygen atoms in total. The van der Waals surface area contributed by atoms with Crippen molar-refractivity contribution < 1.29 is 18.3 Å². The van der Waals surface area contributed by atoms with Crippen molar-refractivity contribution in [3.63, 3.8) is 0 Å². The standard InChI is InChI=1S/C16H12BrN3O4S/c17-13-14(16(21)22)19-20(15(13)10-4-2-1-3-5-10)11-6-8-12(9-7-11)25(18,23)24/h1-9H,(H,21,22)(H2,18,23,24). The zero-order valence-electron chi connectivity index (χ0n) is 12.6. The zero-order valence-corrected chi connectivity index (χ0v) is 15.0. The zero-order chi connectivity index (χ0) is 18.2. The Hall–Kier alpha value is -2.49. The molecule has 9 heteroatoms. The SMILES string of the molecule is NS(=O)(=O)c1ccc(-n2nc(C(=O)O)c(Br)c2-c2ccccc2)cc1. The average Bonchev–Trinajstić information content (AvgIpc) is 2.92. The van der Waals surface area contributed by atoms with Gasteiger partial charge in [0.05, 0.1) is 20.7 Å². The first-order chi connectivity index (χ1) is 11.8. The molecule has 0 fully saturated rings. The largest absolute Gasteiger partial charge is 0.476 e. The molecule has 3 rings (SSSR count). The van der Waals surface area contributed by atoms with Crippen LogP contribution in [0.1, 0.15) is 10.5 Å². The number of primary sulfonamides is 1. The number of carboxylic acids is 1. The van der Waals surface area contributed by atoms with E-state index >= 15 is 0 Å². The Labute approximate surface area is 151 Å². The van der Waals surface area contributed by atoms with Crippen LogP contribution >= 0.6 is 15.9 Å². The van der Waals surface area contributed by atoms with E-state index in [1.807, 2.05) is 30.3 Å². The van der Waals surface area contributed by atoms with E-state index in [-0.39, 0.29) is 10.6 Å². The summed E-state index contributed by atoms with van der Waals surface area (Å²) in [7, 11) is -3.81. The van der Waals surface area contributed by atoms with Crippen LogP contribution < -0.4 is 5.14 Å². The van der Waals surface area contributed by atoms with Crippen molar-refractivity contribution in [2.45, 2.75) is 4.90 Å². The summed E-state index contributed by atoms with van der Waals surface area (Å²) >= 11 is 3.30. The summed E-state index contributed by atoms with van der Waals surface area (Å²) in [5.74, 6) is -1.18. The second-order valence-electron chi connectivity index (χ2n) is 5.13. The lowest BCUT2D eigenvalue weighted by atomic mass is 10.1. The third-order valence-corrected chi connectivity index (χ3v) is 5.17. The number of nitrogens with zero attached hydrogens (tertiary/aromatic N) is 2. The number of rotatable bonds is 4. The third-order valence-electron chi connectivity index (χ3n) is 3.49. The number of benzene rings is 2. The van der Waals surface area contributed by atoms with Crippen LogP contribution in [0.15, 0.2) is 64.0 Å². The first-order valence-corrected chi connectivity index (χ1v) is 9.33. The molecular formula is C16H12BrN3O4S. The van der Waals surface area contributed by atoms with Crippen LogP contribution in [0.4, 0.5) is 0 Å².